The molecule has 0 bridgehead atoms. The van der Waals surface area contributed by atoms with E-state index in [0.717, 1.165) is 26.1 Å². The van der Waals surface area contributed by atoms with Crippen molar-refractivity contribution in [1.29, 1.82) is 0 Å². The normalized spacial score (nSPS) is 16.8. The van der Waals surface area contributed by atoms with E-state index in [2.05, 4.69) is 15.2 Å². The molecule has 2 N–H and O–H groups in total. The lowest BCUT2D eigenvalue weighted by Crippen LogP contribution is -2.35. The fraction of sp³-hybridized carbons (Fsp3) is 0.571. The van der Waals surface area contributed by atoms with Gasteiger partial charge in [-0.2, -0.15) is 0 Å². The van der Waals surface area contributed by atoms with E-state index in [-0.39, 0.29) is 12.5 Å². The summed E-state index contributed by atoms with van der Waals surface area (Å²) in [5.74, 6) is 0.752. The molecule has 2 rings (SSSR count). The van der Waals surface area contributed by atoms with Crippen LogP contribution in [-0.2, 0) is 0 Å². The first-order valence-corrected chi connectivity index (χ1v) is 7.01. The number of nitrogens with zero attached hydrogens (tertiary/aromatic N) is 3. The molecular formula is C14H22N4O2. The molecule has 0 spiro atoms. The molecule has 1 saturated heterocycles. The monoisotopic (exact) mass is 278 g/mol. The van der Waals surface area contributed by atoms with Crippen LogP contribution in [0.4, 0.5) is 5.82 Å². The first kappa shape index (κ1) is 14.7. The van der Waals surface area contributed by atoms with Gasteiger partial charge >= 0.3 is 0 Å². The highest BCUT2D eigenvalue weighted by atomic mass is 16.3. The van der Waals surface area contributed by atoms with Gasteiger partial charge in [0, 0.05) is 45.0 Å². The maximum absolute atomic E-state index is 12.5. The predicted molar refractivity (Wildman–Crippen MR) is 77.8 cm³/mol. The lowest BCUT2D eigenvalue weighted by Gasteiger charge is -2.21. The molecule has 1 aromatic rings. The molecule has 110 valence electrons. The minimum Gasteiger partial charge on any atom is -0.395 e. The van der Waals surface area contributed by atoms with Crippen LogP contribution in [0.1, 0.15) is 16.8 Å². The molecule has 0 saturated carbocycles. The Morgan fingerprint density at radius 1 is 1.40 bits per heavy atom. The maximum Gasteiger partial charge on any atom is 0.254 e. The molecule has 6 nitrogen and oxygen atoms in total. The van der Waals surface area contributed by atoms with Crippen molar-refractivity contribution in [3.05, 3.63) is 23.9 Å². The average molecular weight is 278 g/mol. The average Bonchev–Trinajstić information content (AvgIpc) is 2.73. The third-order valence-corrected chi connectivity index (χ3v) is 3.55. The van der Waals surface area contributed by atoms with Gasteiger partial charge in [0.25, 0.3) is 5.91 Å². The zero-order chi connectivity index (χ0) is 14.4. The van der Waals surface area contributed by atoms with Crippen LogP contribution in [0.2, 0.25) is 0 Å². The zero-order valence-electron chi connectivity index (χ0n) is 11.9. The van der Waals surface area contributed by atoms with Crippen LogP contribution in [0, 0.1) is 0 Å². The van der Waals surface area contributed by atoms with Gasteiger partial charge in [-0.1, -0.05) is 0 Å². The molecule has 20 heavy (non-hydrogen) atoms. The third kappa shape index (κ3) is 3.68. The summed E-state index contributed by atoms with van der Waals surface area (Å²) >= 11 is 0. The van der Waals surface area contributed by atoms with E-state index in [1.807, 2.05) is 4.90 Å². The van der Waals surface area contributed by atoms with Crippen LogP contribution in [0.3, 0.4) is 0 Å². The van der Waals surface area contributed by atoms with E-state index in [1.165, 1.54) is 0 Å². The molecular weight excluding hydrogens is 256 g/mol. The molecule has 0 aliphatic carbocycles. The summed E-state index contributed by atoms with van der Waals surface area (Å²) in [7, 11) is 1.79. The summed E-state index contributed by atoms with van der Waals surface area (Å²) in [6.07, 6.45) is 2.59. The quantitative estimate of drug-likeness (QED) is 0.827. The van der Waals surface area contributed by atoms with Gasteiger partial charge in [0.05, 0.1) is 6.61 Å². The second kappa shape index (κ2) is 7.21. The molecule has 1 fully saturated rings. The van der Waals surface area contributed by atoms with Crippen LogP contribution in [0.25, 0.3) is 0 Å². The van der Waals surface area contributed by atoms with Crippen molar-refractivity contribution in [3.8, 4) is 0 Å². The van der Waals surface area contributed by atoms with Crippen LogP contribution in [0.15, 0.2) is 18.3 Å². The van der Waals surface area contributed by atoms with Crippen LogP contribution in [0.5, 0.6) is 0 Å². The molecule has 0 radical (unpaired) electrons. The number of nitrogens with one attached hydrogen (secondary N) is 1. The van der Waals surface area contributed by atoms with Crippen molar-refractivity contribution in [2.24, 2.45) is 0 Å². The summed E-state index contributed by atoms with van der Waals surface area (Å²) < 4.78 is 0. The van der Waals surface area contributed by atoms with Gasteiger partial charge in [-0.05, 0) is 25.1 Å². The largest absolute Gasteiger partial charge is 0.395 e. The number of aliphatic hydroxyl groups is 1. The number of carbonyl (C=O) groups is 1. The number of hydrogen-bond donors (Lipinski definition) is 2. The molecule has 1 aromatic heterocycles. The van der Waals surface area contributed by atoms with Gasteiger partial charge in [-0.15, -0.1) is 0 Å². The topological polar surface area (TPSA) is 68.7 Å². The van der Waals surface area contributed by atoms with Gasteiger partial charge in [0.15, 0.2) is 0 Å². The van der Waals surface area contributed by atoms with Crippen molar-refractivity contribution in [1.82, 2.24) is 14.8 Å². The molecule has 0 atom stereocenters. The second-order valence-corrected chi connectivity index (χ2v) is 4.89. The predicted octanol–water partition coefficient (Wildman–Crippen LogP) is 0.263. The van der Waals surface area contributed by atoms with Gasteiger partial charge in [0.1, 0.15) is 5.82 Å². The molecule has 1 aliphatic rings. The smallest absolute Gasteiger partial charge is 0.254 e. The Morgan fingerprint density at radius 2 is 2.25 bits per heavy atom. The van der Waals surface area contributed by atoms with Gasteiger partial charge in [0.2, 0.25) is 0 Å². The van der Waals surface area contributed by atoms with E-state index in [4.69, 9.17) is 5.11 Å². The number of anilines is 1. The Hall–Kier alpha value is -1.66. The highest BCUT2D eigenvalue weighted by Crippen LogP contribution is 2.11. The van der Waals surface area contributed by atoms with Crippen molar-refractivity contribution < 1.29 is 9.90 Å². The standard InChI is InChI=1S/C14H22N4O2/c1-15-13-11-12(3-4-16-13)14(20)18-6-2-5-17(7-8-18)9-10-19/h3-4,11,19H,2,5-10H2,1H3,(H,15,16). The fourth-order valence-electron chi connectivity index (χ4n) is 2.42. The Morgan fingerprint density at radius 3 is 3.00 bits per heavy atom. The Kier molecular flexibility index (Phi) is 5.31. The van der Waals surface area contributed by atoms with Crippen LogP contribution < -0.4 is 5.32 Å². The number of β-amino-alcohol motifs (C(OH)–C–C–N with tert-alkyl or cyclic N) is 1. The Labute approximate surface area is 119 Å². The van der Waals surface area contributed by atoms with E-state index < -0.39 is 0 Å². The minimum atomic E-state index is 0.0507. The SMILES string of the molecule is CNc1cc(C(=O)N2CCCN(CCO)CC2)ccn1. The van der Waals surface area contributed by atoms with E-state index in [0.29, 0.717) is 24.5 Å². The molecule has 1 aliphatic heterocycles. The van der Waals surface area contributed by atoms with Crippen LogP contribution in [-0.4, -0.2) is 72.2 Å². The summed E-state index contributed by atoms with van der Waals surface area (Å²) in [5, 5.41) is 11.9. The van der Waals surface area contributed by atoms with E-state index in [9.17, 15) is 4.79 Å². The number of carbonyl (C=O) groups excluding carboxylic acids is 1. The maximum atomic E-state index is 12.5. The first-order chi connectivity index (χ1) is 9.74. The summed E-state index contributed by atoms with van der Waals surface area (Å²) in [4.78, 5) is 20.7. The Balaban J connectivity index is 2.01. The Bertz CT molecular complexity index is 453. The molecule has 6 heteroatoms. The molecule has 2 heterocycles. The molecule has 1 amide bonds. The fourth-order valence-corrected chi connectivity index (χ4v) is 2.42. The van der Waals surface area contributed by atoms with Crippen molar-refractivity contribution in [2.75, 3.05) is 51.7 Å². The minimum absolute atomic E-state index is 0.0507. The van der Waals surface area contributed by atoms with E-state index in [1.54, 1.807) is 25.4 Å². The van der Waals surface area contributed by atoms with Gasteiger partial charge in [-0.3, -0.25) is 9.69 Å². The number of aliphatic hydroxyl groups excluding tert-OH is 1. The highest BCUT2D eigenvalue weighted by molar-refractivity contribution is 5.94. The lowest BCUT2D eigenvalue weighted by atomic mass is 10.2. The lowest BCUT2D eigenvalue weighted by molar-refractivity contribution is 0.0760. The first-order valence-electron chi connectivity index (χ1n) is 7.01. The van der Waals surface area contributed by atoms with Crippen molar-refractivity contribution >= 4 is 11.7 Å². The van der Waals surface area contributed by atoms with Crippen molar-refractivity contribution in [2.45, 2.75) is 6.42 Å². The van der Waals surface area contributed by atoms with Gasteiger partial charge < -0.3 is 15.3 Å². The molecule has 0 aromatic carbocycles. The third-order valence-electron chi connectivity index (χ3n) is 3.55. The summed E-state index contributed by atoms with van der Waals surface area (Å²) in [5.41, 5.74) is 0.667. The van der Waals surface area contributed by atoms with Crippen LogP contribution >= 0.6 is 0 Å². The summed E-state index contributed by atoms with van der Waals surface area (Å²) in [6.45, 7) is 4.07. The number of hydrogen-bond acceptors (Lipinski definition) is 5. The van der Waals surface area contributed by atoms with Gasteiger partial charge in [-0.25, -0.2) is 4.98 Å². The van der Waals surface area contributed by atoms with Crippen molar-refractivity contribution in [3.63, 3.8) is 0 Å². The molecule has 0 unspecified atom stereocenters. The van der Waals surface area contributed by atoms with E-state index >= 15 is 0 Å². The number of pyridine rings is 1. The number of aromatic nitrogens is 1. The second-order valence-electron chi connectivity index (χ2n) is 4.89. The number of amides is 1. The summed E-state index contributed by atoms with van der Waals surface area (Å²) in [6, 6.07) is 3.53. The highest BCUT2D eigenvalue weighted by Gasteiger charge is 2.20. The number of rotatable bonds is 4. The zero-order valence-corrected chi connectivity index (χ0v) is 11.9.